The summed E-state index contributed by atoms with van der Waals surface area (Å²) in [6.07, 6.45) is 0.666. The lowest BCUT2D eigenvalue weighted by molar-refractivity contribution is -0.121. The molecule has 0 bridgehead atoms. The predicted molar refractivity (Wildman–Crippen MR) is 121 cm³/mol. The summed E-state index contributed by atoms with van der Waals surface area (Å²) in [5.74, 6) is 0.780. The van der Waals surface area contributed by atoms with Gasteiger partial charge in [-0.05, 0) is 38.0 Å². The van der Waals surface area contributed by atoms with Gasteiger partial charge in [-0.1, -0.05) is 30.3 Å². The summed E-state index contributed by atoms with van der Waals surface area (Å²) in [5, 5.41) is 5.92. The Morgan fingerprint density at radius 2 is 1.77 bits per heavy atom. The fourth-order valence-electron chi connectivity index (χ4n) is 3.90. The average molecular weight is 426 g/mol. The number of piperidine rings is 1. The molecular weight excluding hydrogens is 394 g/mol. The maximum Gasteiger partial charge on any atom is 0.317 e. The number of benzene rings is 2. The molecule has 1 fully saturated rings. The highest BCUT2D eigenvalue weighted by Crippen LogP contribution is 2.33. The number of hydrogen-bond donors (Lipinski definition) is 2. The van der Waals surface area contributed by atoms with Gasteiger partial charge in [0.2, 0.25) is 5.91 Å². The van der Waals surface area contributed by atoms with E-state index < -0.39 is 0 Å². The van der Waals surface area contributed by atoms with E-state index in [1.807, 2.05) is 32.0 Å². The lowest BCUT2D eigenvalue weighted by Crippen LogP contribution is -2.51. The Morgan fingerprint density at radius 1 is 1.03 bits per heavy atom. The van der Waals surface area contributed by atoms with E-state index in [2.05, 4.69) is 22.8 Å². The number of ether oxygens (including phenoxy) is 2. The highest BCUT2D eigenvalue weighted by molar-refractivity contribution is 5.94. The van der Waals surface area contributed by atoms with Crippen LogP contribution in [0.4, 0.5) is 10.5 Å². The highest BCUT2D eigenvalue weighted by atomic mass is 16.5. The molecule has 7 nitrogen and oxygen atoms in total. The van der Waals surface area contributed by atoms with Crippen molar-refractivity contribution in [3.8, 4) is 11.5 Å². The zero-order valence-corrected chi connectivity index (χ0v) is 18.6. The Balaban J connectivity index is 1.80. The lowest BCUT2D eigenvalue weighted by atomic mass is 9.84. The molecule has 2 atom stereocenters. The fourth-order valence-corrected chi connectivity index (χ4v) is 3.90. The van der Waals surface area contributed by atoms with E-state index in [4.69, 9.17) is 9.47 Å². The summed E-state index contributed by atoms with van der Waals surface area (Å²) in [6.45, 7) is 4.80. The van der Waals surface area contributed by atoms with Crippen LogP contribution >= 0.6 is 0 Å². The number of likely N-dealkylation sites (tertiary alicyclic amines) is 1. The van der Waals surface area contributed by atoms with Crippen molar-refractivity contribution in [3.63, 3.8) is 0 Å². The zero-order valence-electron chi connectivity index (χ0n) is 18.6. The summed E-state index contributed by atoms with van der Waals surface area (Å²) in [4.78, 5) is 27.7. The molecule has 0 aliphatic carbocycles. The van der Waals surface area contributed by atoms with Crippen LogP contribution in [0.15, 0.2) is 48.5 Å². The van der Waals surface area contributed by atoms with Gasteiger partial charge in [-0.25, -0.2) is 4.79 Å². The molecule has 1 saturated heterocycles. The van der Waals surface area contributed by atoms with Crippen LogP contribution in [0, 0.1) is 5.92 Å². The Hall–Kier alpha value is -3.22. The van der Waals surface area contributed by atoms with Crippen LogP contribution in [-0.4, -0.2) is 50.2 Å². The van der Waals surface area contributed by atoms with Gasteiger partial charge in [0.25, 0.3) is 0 Å². The van der Waals surface area contributed by atoms with E-state index in [0.29, 0.717) is 36.7 Å². The fraction of sp³-hybridized carbons (Fsp3) is 0.417. The molecule has 3 rings (SSSR count). The minimum atomic E-state index is -0.344. The zero-order chi connectivity index (χ0) is 22.4. The van der Waals surface area contributed by atoms with E-state index in [9.17, 15) is 9.59 Å². The van der Waals surface area contributed by atoms with E-state index in [0.717, 1.165) is 5.56 Å². The number of carbonyl (C=O) groups excluding carboxylic acids is 2. The number of urea groups is 1. The van der Waals surface area contributed by atoms with Crippen molar-refractivity contribution in [3.05, 3.63) is 54.1 Å². The second kappa shape index (κ2) is 10.2. The molecule has 1 heterocycles. The van der Waals surface area contributed by atoms with Gasteiger partial charge < -0.3 is 25.0 Å². The molecule has 31 heavy (non-hydrogen) atoms. The maximum atomic E-state index is 13.2. The number of amides is 3. The summed E-state index contributed by atoms with van der Waals surface area (Å²) >= 11 is 0. The minimum Gasteiger partial charge on any atom is -0.497 e. The molecule has 0 radical (unpaired) electrons. The monoisotopic (exact) mass is 425 g/mol. The number of anilines is 1. The lowest BCUT2D eigenvalue weighted by Gasteiger charge is -2.37. The quantitative estimate of drug-likeness (QED) is 0.736. The van der Waals surface area contributed by atoms with Gasteiger partial charge in [0, 0.05) is 31.1 Å². The SMILES string of the molecule is COc1ccc(NC(=O)C2CC(c3ccccc3)CN(C(=O)NC(C)C)C2)c(OC)c1. The van der Waals surface area contributed by atoms with Crippen molar-refractivity contribution in [2.45, 2.75) is 32.2 Å². The molecule has 2 N–H and O–H groups in total. The van der Waals surface area contributed by atoms with Crippen molar-refractivity contribution >= 4 is 17.6 Å². The van der Waals surface area contributed by atoms with Crippen LogP contribution in [-0.2, 0) is 4.79 Å². The first kappa shape index (κ1) is 22.5. The Bertz CT molecular complexity index is 901. The second-order valence-electron chi connectivity index (χ2n) is 8.10. The number of carbonyl (C=O) groups is 2. The van der Waals surface area contributed by atoms with Crippen molar-refractivity contribution in [1.82, 2.24) is 10.2 Å². The molecule has 2 unspecified atom stereocenters. The maximum absolute atomic E-state index is 13.2. The largest absolute Gasteiger partial charge is 0.497 e. The standard InChI is InChI=1S/C24H31N3O4/c1-16(2)25-24(29)27-14-18(17-8-6-5-7-9-17)12-19(15-27)23(28)26-21-11-10-20(30-3)13-22(21)31-4/h5-11,13,16,18-19H,12,14-15H2,1-4H3,(H,25,29)(H,26,28). The molecule has 2 aromatic rings. The number of hydrogen-bond acceptors (Lipinski definition) is 4. The predicted octanol–water partition coefficient (Wildman–Crippen LogP) is 3.87. The number of methoxy groups -OCH3 is 2. The highest BCUT2D eigenvalue weighted by Gasteiger charge is 2.35. The summed E-state index contributed by atoms with van der Waals surface area (Å²) in [5.41, 5.74) is 1.71. The van der Waals surface area contributed by atoms with Crippen LogP contribution in [0.3, 0.4) is 0 Å². The van der Waals surface area contributed by atoms with Crippen LogP contribution in [0.1, 0.15) is 31.7 Å². The number of nitrogens with zero attached hydrogens (tertiary/aromatic N) is 1. The third-order valence-corrected chi connectivity index (χ3v) is 5.46. The van der Waals surface area contributed by atoms with E-state index in [1.54, 1.807) is 37.3 Å². The molecule has 0 aromatic heterocycles. The van der Waals surface area contributed by atoms with E-state index in [-0.39, 0.29) is 29.8 Å². The summed E-state index contributed by atoms with van der Waals surface area (Å²) in [6, 6.07) is 15.2. The first-order chi connectivity index (χ1) is 14.9. The molecule has 1 aliphatic heterocycles. The first-order valence-electron chi connectivity index (χ1n) is 10.5. The van der Waals surface area contributed by atoms with Crippen molar-refractivity contribution < 1.29 is 19.1 Å². The smallest absolute Gasteiger partial charge is 0.317 e. The van der Waals surface area contributed by atoms with E-state index >= 15 is 0 Å². The molecule has 7 heteroatoms. The number of rotatable bonds is 6. The van der Waals surface area contributed by atoms with Crippen LogP contribution in [0.5, 0.6) is 11.5 Å². The molecule has 0 saturated carbocycles. The van der Waals surface area contributed by atoms with Gasteiger partial charge in [-0.3, -0.25) is 4.79 Å². The third kappa shape index (κ3) is 5.69. The van der Waals surface area contributed by atoms with Crippen LogP contribution in [0.25, 0.3) is 0 Å². The Morgan fingerprint density at radius 3 is 2.42 bits per heavy atom. The van der Waals surface area contributed by atoms with Gasteiger partial charge in [0.15, 0.2) is 0 Å². The second-order valence-corrected chi connectivity index (χ2v) is 8.10. The van der Waals surface area contributed by atoms with Crippen molar-refractivity contribution in [2.75, 3.05) is 32.6 Å². The van der Waals surface area contributed by atoms with Crippen LogP contribution in [0.2, 0.25) is 0 Å². The Labute approximate surface area is 183 Å². The molecule has 2 aromatic carbocycles. The summed E-state index contributed by atoms with van der Waals surface area (Å²) < 4.78 is 10.6. The normalized spacial score (nSPS) is 18.4. The van der Waals surface area contributed by atoms with Gasteiger partial charge >= 0.3 is 6.03 Å². The van der Waals surface area contributed by atoms with Gasteiger partial charge in [0.05, 0.1) is 25.8 Å². The Kier molecular flexibility index (Phi) is 7.39. The molecule has 3 amide bonds. The summed E-state index contributed by atoms with van der Waals surface area (Å²) in [7, 11) is 3.13. The first-order valence-corrected chi connectivity index (χ1v) is 10.5. The molecule has 0 spiro atoms. The van der Waals surface area contributed by atoms with Crippen molar-refractivity contribution in [1.29, 1.82) is 0 Å². The molecule has 166 valence electrons. The molecule has 1 aliphatic rings. The minimum absolute atomic E-state index is 0.0282. The molecular formula is C24H31N3O4. The topological polar surface area (TPSA) is 79.9 Å². The van der Waals surface area contributed by atoms with Crippen LogP contribution < -0.4 is 20.1 Å². The van der Waals surface area contributed by atoms with Gasteiger partial charge in [-0.2, -0.15) is 0 Å². The van der Waals surface area contributed by atoms with Crippen molar-refractivity contribution in [2.24, 2.45) is 5.92 Å². The average Bonchev–Trinajstić information content (AvgIpc) is 2.79. The van der Waals surface area contributed by atoms with Gasteiger partial charge in [0.1, 0.15) is 11.5 Å². The number of nitrogens with one attached hydrogen (secondary N) is 2. The third-order valence-electron chi connectivity index (χ3n) is 5.46. The van der Waals surface area contributed by atoms with E-state index in [1.165, 1.54) is 0 Å². The van der Waals surface area contributed by atoms with Gasteiger partial charge in [-0.15, -0.1) is 0 Å².